The van der Waals surface area contributed by atoms with Gasteiger partial charge in [-0.25, -0.2) is 0 Å². The summed E-state index contributed by atoms with van der Waals surface area (Å²) in [5, 5.41) is 9.00. The van der Waals surface area contributed by atoms with Gasteiger partial charge < -0.3 is 9.80 Å². The summed E-state index contributed by atoms with van der Waals surface area (Å²) in [5.41, 5.74) is 23.8. The SMILES string of the molecule is CC(C)c1ccc2c(c1)B1c3sc4ccc(C(C)(C)C)cc4c3N(c3cc(-c4ccc(C(C)(C)C)cc4)cc(-c4ccc(C(C)(C)C)cc4)c3)c3cccc(c31)N2c1ccc(C(C)(C)C)cc1-c1ccc2c3ccccc3c3ccccc3c2c1. The highest BCUT2D eigenvalue weighted by Gasteiger charge is 2.46. The fraction of sp³-hybridized carbons (Fsp3) is 0.235. The Morgan fingerprint density at radius 1 is 0.353 bits per heavy atom. The maximum absolute atomic E-state index is 2.67. The number of hydrogen-bond acceptors (Lipinski definition) is 3. The van der Waals surface area contributed by atoms with Gasteiger partial charge in [-0.1, -0.05) is 236 Å². The van der Waals surface area contributed by atoms with Crippen molar-refractivity contribution in [3.63, 3.8) is 0 Å². The topological polar surface area (TPSA) is 6.48 Å². The third-order valence-electron chi connectivity index (χ3n) is 18.6. The highest BCUT2D eigenvalue weighted by molar-refractivity contribution is 7.33. The molecule has 0 saturated heterocycles. The molecule has 12 aromatic rings. The van der Waals surface area contributed by atoms with Crippen LogP contribution in [0.3, 0.4) is 0 Å². The van der Waals surface area contributed by atoms with Gasteiger partial charge in [0.2, 0.25) is 0 Å². The van der Waals surface area contributed by atoms with Gasteiger partial charge in [-0.2, -0.15) is 0 Å². The summed E-state index contributed by atoms with van der Waals surface area (Å²) in [5.74, 6) is 0.341. The molecule has 2 aliphatic rings. The number of hydrogen-bond donors (Lipinski definition) is 0. The maximum Gasteiger partial charge on any atom is 0.264 e. The van der Waals surface area contributed by atoms with Gasteiger partial charge in [-0.3, -0.25) is 0 Å². The van der Waals surface area contributed by atoms with Crippen molar-refractivity contribution in [1.82, 2.24) is 0 Å². The highest BCUT2D eigenvalue weighted by Crippen LogP contribution is 2.52. The van der Waals surface area contributed by atoms with E-state index >= 15 is 0 Å². The van der Waals surface area contributed by atoms with Gasteiger partial charge in [0.25, 0.3) is 6.71 Å². The molecule has 0 unspecified atom stereocenters. The molecule has 11 aromatic carbocycles. The van der Waals surface area contributed by atoms with Crippen molar-refractivity contribution in [2.24, 2.45) is 0 Å². The van der Waals surface area contributed by atoms with Crippen LogP contribution < -0.4 is 25.5 Å². The Morgan fingerprint density at radius 3 is 1.39 bits per heavy atom. The first-order valence-corrected chi connectivity index (χ1v) is 31.6. The third kappa shape index (κ3) is 9.21. The normalized spacial score (nSPS) is 13.6. The van der Waals surface area contributed by atoms with E-state index in [1.54, 1.807) is 0 Å². The number of benzene rings is 11. The van der Waals surface area contributed by atoms with Crippen molar-refractivity contribution in [3.8, 4) is 33.4 Å². The zero-order valence-corrected chi connectivity index (χ0v) is 52.9. The Hall–Kier alpha value is -8.18. The van der Waals surface area contributed by atoms with Crippen LogP contribution in [0.15, 0.2) is 206 Å². The number of fused-ring (bicyclic) bond motifs is 12. The Morgan fingerprint density at radius 2 is 0.835 bits per heavy atom. The summed E-state index contributed by atoms with van der Waals surface area (Å²) in [6, 6.07) is 80.4. The van der Waals surface area contributed by atoms with Gasteiger partial charge in [-0.05, 0) is 193 Å². The summed E-state index contributed by atoms with van der Waals surface area (Å²) < 4.78 is 2.70. The minimum Gasteiger partial charge on any atom is -0.311 e. The molecule has 0 N–H and O–H groups in total. The molecule has 2 nitrogen and oxygen atoms in total. The van der Waals surface area contributed by atoms with Crippen LogP contribution in [0, 0.1) is 0 Å². The molecule has 0 spiro atoms. The standard InChI is InChI=1S/C81H77BN2S/c1-49(2)52-31-39-71-69(46-52)82-75-72(24-19-25-73(75)84(71)70-40-36-58(80(9,10)11)47-66(70)53-30-38-65-63-22-16-15-20-61(63)62-21-17-18-23-64(62)67(65)45-53)83(76-68-48-59(81(12,13)14)37-41-74(68)85-77(76)82)60-43-54(50-26-32-56(33-27-50)78(3,4)5)42-55(44-60)51-28-34-57(35-29-51)79(6,7)8/h15-49H,1-14H3. The fourth-order valence-corrected chi connectivity index (χ4v) is 15.0. The summed E-state index contributed by atoms with van der Waals surface area (Å²) in [4.78, 5) is 5.32. The largest absolute Gasteiger partial charge is 0.311 e. The molecule has 0 radical (unpaired) electrons. The summed E-state index contributed by atoms with van der Waals surface area (Å²) in [6.45, 7) is 32.6. The molecule has 0 fully saturated rings. The number of rotatable bonds is 6. The van der Waals surface area contributed by atoms with Crippen LogP contribution in [-0.4, -0.2) is 6.71 Å². The second kappa shape index (κ2) is 19.7. The first-order valence-electron chi connectivity index (χ1n) is 30.8. The average molecular weight is 1120 g/mol. The Kier molecular flexibility index (Phi) is 12.7. The van der Waals surface area contributed by atoms with E-state index in [1.807, 2.05) is 11.3 Å². The van der Waals surface area contributed by atoms with Crippen LogP contribution in [-0.2, 0) is 21.7 Å². The van der Waals surface area contributed by atoms with E-state index in [2.05, 4.69) is 313 Å². The molecule has 3 heterocycles. The summed E-state index contributed by atoms with van der Waals surface area (Å²) in [6.07, 6.45) is 0. The fourth-order valence-electron chi connectivity index (χ4n) is 13.7. The van der Waals surface area contributed by atoms with Crippen molar-refractivity contribution < 1.29 is 0 Å². The summed E-state index contributed by atoms with van der Waals surface area (Å²) >= 11 is 1.99. The van der Waals surface area contributed by atoms with E-state index < -0.39 is 0 Å². The van der Waals surface area contributed by atoms with Crippen molar-refractivity contribution in [2.75, 3.05) is 9.80 Å². The second-order valence-electron chi connectivity index (χ2n) is 28.8. The van der Waals surface area contributed by atoms with E-state index in [0.717, 1.165) is 5.69 Å². The van der Waals surface area contributed by atoms with E-state index in [9.17, 15) is 0 Å². The molecule has 420 valence electrons. The van der Waals surface area contributed by atoms with Gasteiger partial charge >= 0.3 is 0 Å². The predicted molar refractivity (Wildman–Crippen MR) is 374 cm³/mol. The van der Waals surface area contributed by atoms with E-state index in [-0.39, 0.29) is 28.4 Å². The van der Waals surface area contributed by atoms with Crippen molar-refractivity contribution >= 4 is 110 Å². The third-order valence-corrected chi connectivity index (χ3v) is 19.9. The van der Waals surface area contributed by atoms with Gasteiger partial charge in [0, 0.05) is 43.2 Å². The predicted octanol–water partition coefficient (Wildman–Crippen LogP) is 21.8. The van der Waals surface area contributed by atoms with Crippen LogP contribution in [0.4, 0.5) is 34.1 Å². The van der Waals surface area contributed by atoms with E-state index in [4.69, 9.17) is 0 Å². The average Bonchev–Trinajstić information content (AvgIpc) is 1.74. The van der Waals surface area contributed by atoms with Gasteiger partial charge in [0.05, 0.1) is 11.4 Å². The van der Waals surface area contributed by atoms with Crippen LogP contribution in [0.25, 0.3) is 75.8 Å². The number of anilines is 6. The van der Waals surface area contributed by atoms with E-state index in [0.29, 0.717) is 5.92 Å². The van der Waals surface area contributed by atoms with Gasteiger partial charge in [0.15, 0.2) is 0 Å². The van der Waals surface area contributed by atoms with E-state index in [1.165, 1.54) is 148 Å². The summed E-state index contributed by atoms with van der Waals surface area (Å²) in [7, 11) is 0. The molecular weight excluding hydrogens is 1040 g/mol. The second-order valence-corrected chi connectivity index (χ2v) is 29.9. The first-order chi connectivity index (χ1) is 40.5. The van der Waals surface area contributed by atoms with Crippen LogP contribution in [0.1, 0.15) is 131 Å². The van der Waals surface area contributed by atoms with Crippen molar-refractivity contribution in [1.29, 1.82) is 0 Å². The molecule has 14 rings (SSSR count). The lowest BCUT2D eigenvalue weighted by molar-refractivity contribution is 0.590. The van der Waals surface area contributed by atoms with Gasteiger partial charge in [-0.15, -0.1) is 11.3 Å². The zero-order chi connectivity index (χ0) is 59.2. The Labute approximate surface area is 508 Å². The minimum absolute atomic E-state index is 0.0203. The Balaban J connectivity index is 1.06. The molecule has 0 amide bonds. The number of thiophene rings is 1. The Bertz CT molecular complexity index is 4550. The van der Waals surface area contributed by atoms with Crippen LogP contribution in [0.2, 0.25) is 0 Å². The lowest BCUT2D eigenvalue weighted by Gasteiger charge is -2.44. The molecule has 0 aliphatic carbocycles. The zero-order valence-electron chi connectivity index (χ0n) is 52.1. The quantitative estimate of drug-likeness (QED) is 0.121. The monoisotopic (exact) mass is 1120 g/mol. The lowest BCUT2D eigenvalue weighted by atomic mass is 9.36. The maximum atomic E-state index is 2.67. The molecule has 1 aromatic heterocycles. The molecule has 85 heavy (non-hydrogen) atoms. The highest BCUT2D eigenvalue weighted by atomic mass is 32.1. The minimum atomic E-state index is -0.0857. The molecule has 2 aliphatic heterocycles. The smallest absolute Gasteiger partial charge is 0.264 e. The van der Waals surface area contributed by atoms with Crippen LogP contribution in [0.5, 0.6) is 0 Å². The number of nitrogens with zero attached hydrogens (tertiary/aromatic N) is 2. The first kappa shape index (κ1) is 54.7. The molecular formula is C81H77BN2S. The molecule has 0 bridgehead atoms. The van der Waals surface area contributed by atoms with Crippen LogP contribution >= 0.6 is 11.3 Å². The lowest BCUT2D eigenvalue weighted by Crippen LogP contribution is -2.60. The molecule has 0 saturated carbocycles. The molecule has 4 heteroatoms. The van der Waals surface area contributed by atoms with Gasteiger partial charge in [0.1, 0.15) is 0 Å². The van der Waals surface area contributed by atoms with Crippen molar-refractivity contribution in [2.45, 2.75) is 125 Å². The van der Waals surface area contributed by atoms with Crippen molar-refractivity contribution in [3.05, 3.63) is 234 Å². The molecule has 0 atom stereocenters.